The van der Waals surface area contributed by atoms with Crippen molar-refractivity contribution < 1.29 is 23.8 Å². The molecule has 2 aliphatic rings. The van der Waals surface area contributed by atoms with Crippen molar-refractivity contribution in [3.63, 3.8) is 0 Å². The van der Waals surface area contributed by atoms with E-state index >= 15 is 0 Å². The Morgan fingerprint density at radius 1 is 0.800 bits per heavy atom. The number of fused-ring (bicyclic) bond motifs is 2. The van der Waals surface area contributed by atoms with Crippen LogP contribution in [-0.4, -0.2) is 67.9 Å². The SMILES string of the molecule is CC(C)(C)C(=O)c1c[nH]c2ncc(OC3CCCC3)nc12.CC(C)(C)C(=O)c1cn(COCC[Si](C)(C)C)c2ncc(OC3CCCC3)nc12. The molecule has 0 atom stereocenters. The van der Waals surface area contributed by atoms with Crippen LogP contribution in [0, 0.1) is 10.8 Å². The second-order valence-corrected chi connectivity index (χ2v) is 22.7. The van der Waals surface area contributed by atoms with Gasteiger partial charge >= 0.3 is 0 Å². The van der Waals surface area contributed by atoms with E-state index in [-0.39, 0.29) is 23.8 Å². The van der Waals surface area contributed by atoms with Crippen LogP contribution in [0.4, 0.5) is 0 Å². The molecule has 0 radical (unpaired) electrons. The van der Waals surface area contributed by atoms with Gasteiger partial charge in [-0.05, 0) is 57.4 Å². The van der Waals surface area contributed by atoms with Crippen LogP contribution in [0.25, 0.3) is 22.3 Å². The molecule has 0 aliphatic heterocycles. The lowest BCUT2D eigenvalue weighted by atomic mass is 9.87. The van der Waals surface area contributed by atoms with E-state index in [4.69, 9.17) is 14.2 Å². The lowest BCUT2D eigenvalue weighted by Crippen LogP contribution is -2.22. The topological polar surface area (TPSA) is 134 Å². The summed E-state index contributed by atoms with van der Waals surface area (Å²) in [6.07, 6.45) is 16.3. The Morgan fingerprint density at radius 3 is 1.86 bits per heavy atom. The van der Waals surface area contributed by atoms with Crippen LogP contribution < -0.4 is 9.47 Å². The Labute approximate surface area is 297 Å². The zero-order chi connectivity index (χ0) is 36.3. The molecule has 2 aliphatic carbocycles. The predicted molar refractivity (Wildman–Crippen MR) is 199 cm³/mol. The molecule has 6 rings (SSSR count). The summed E-state index contributed by atoms with van der Waals surface area (Å²) in [6.45, 7) is 19.6. The molecular formula is C38H56N6O5Si. The molecule has 4 aromatic rings. The van der Waals surface area contributed by atoms with E-state index in [0.29, 0.717) is 58.6 Å². The molecule has 0 spiro atoms. The Morgan fingerprint density at radius 2 is 1.32 bits per heavy atom. The van der Waals surface area contributed by atoms with E-state index < -0.39 is 18.9 Å². The van der Waals surface area contributed by atoms with Crippen molar-refractivity contribution in [3.05, 3.63) is 35.9 Å². The number of rotatable bonds is 11. The Bertz CT molecular complexity index is 1780. The lowest BCUT2D eigenvalue weighted by Gasteiger charge is -2.16. The van der Waals surface area contributed by atoms with Crippen molar-refractivity contribution in [2.24, 2.45) is 10.8 Å². The van der Waals surface area contributed by atoms with Gasteiger partial charge in [0.05, 0.1) is 23.5 Å². The van der Waals surface area contributed by atoms with Crippen molar-refractivity contribution in [2.45, 2.75) is 138 Å². The number of aromatic amines is 1. The maximum atomic E-state index is 13.1. The lowest BCUT2D eigenvalue weighted by molar-refractivity contribution is 0.0846. The Balaban J connectivity index is 0.000000204. The average Bonchev–Trinajstić information content (AvgIpc) is 3.86. The summed E-state index contributed by atoms with van der Waals surface area (Å²) in [7, 11) is -1.15. The van der Waals surface area contributed by atoms with Gasteiger partial charge in [-0.3, -0.25) is 9.59 Å². The number of carbonyl (C=O) groups is 2. The molecule has 2 saturated carbocycles. The number of ketones is 2. The number of Topliss-reactive ketones (excluding diaryl/α,β-unsaturated/α-hetero) is 2. The number of carbonyl (C=O) groups excluding carboxylic acids is 2. The van der Waals surface area contributed by atoms with Crippen LogP contribution in [0.15, 0.2) is 24.8 Å². The molecule has 0 bridgehead atoms. The van der Waals surface area contributed by atoms with E-state index in [0.717, 1.165) is 31.7 Å². The first-order valence-corrected chi connectivity index (χ1v) is 21.9. The molecule has 0 aromatic carbocycles. The monoisotopic (exact) mass is 704 g/mol. The fourth-order valence-corrected chi connectivity index (χ4v) is 6.92. The summed E-state index contributed by atoms with van der Waals surface area (Å²) < 4.78 is 19.7. The van der Waals surface area contributed by atoms with E-state index in [1.54, 1.807) is 18.6 Å². The summed E-state index contributed by atoms with van der Waals surface area (Å²) in [5.74, 6) is 1.12. The quantitative estimate of drug-likeness (QED) is 0.0923. The number of hydrogen-bond acceptors (Lipinski definition) is 9. The highest BCUT2D eigenvalue weighted by molar-refractivity contribution is 6.76. The Hall–Kier alpha value is -3.64. The first-order valence-electron chi connectivity index (χ1n) is 18.2. The number of hydrogen-bond donors (Lipinski definition) is 1. The Kier molecular flexibility index (Phi) is 11.5. The third-order valence-corrected chi connectivity index (χ3v) is 10.9. The van der Waals surface area contributed by atoms with Gasteiger partial charge in [-0.15, -0.1) is 0 Å². The highest BCUT2D eigenvalue weighted by atomic mass is 28.3. The van der Waals surface area contributed by atoms with Crippen LogP contribution in [0.5, 0.6) is 11.8 Å². The van der Waals surface area contributed by atoms with Gasteiger partial charge in [-0.2, -0.15) is 0 Å². The van der Waals surface area contributed by atoms with Gasteiger partial charge in [-0.1, -0.05) is 61.2 Å². The molecule has 4 aromatic heterocycles. The van der Waals surface area contributed by atoms with Gasteiger partial charge in [-0.25, -0.2) is 19.9 Å². The van der Waals surface area contributed by atoms with Crippen molar-refractivity contribution >= 4 is 42.0 Å². The highest BCUT2D eigenvalue weighted by Crippen LogP contribution is 2.30. The largest absolute Gasteiger partial charge is 0.473 e. The predicted octanol–water partition coefficient (Wildman–Crippen LogP) is 8.80. The summed E-state index contributed by atoms with van der Waals surface area (Å²) >= 11 is 0. The van der Waals surface area contributed by atoms with Crippen molar-refractivity contribution in [3.8, 4) is 11.8 Å². The van der Waals surface area contributed by atoms with Crippen LogP contribution in [-0.2, 0) is 11.5 Å². The number of H-pyrrole nitrogens is 1. The third-order valence-electron chi connectivity index (χ3n) is 9.16. The number of nitrogens with one attached hydrogen (secondary N) is 1. The molecule has 272 valence electrons. The molecule has 0 amide bonds. The van der Waals surface area contributed by atoms with Gasteiger partial charge in [0.25, 0.3) is 0 Å². The zero-order valence-electron chi connectivity index (χ0n) is 31.5. The van der Waals surface area contributed by atoms with Crippen LogP contribution in [0.3, 0.4) is 0 Å². The van der Waals surface area contributed by atoms with Crippen molar-refractivity contribution in [1.82, 2.24) is 29.5 Å². The van der Waals surface area contributed by atoms with Gasteiger partial charge < -0.3 is 23.8 Å². The van der Waals surface area contributed by atoms with E-state index in [1.807, 2.05) is 52.3 Å². The number of aromatic nitrogens is 6. The molecule has 2 fully saturated rings. The highest BCUT2D eigenvalue weighted by Gasteiger charge is 2.29. The smallest absolute Gasteiger partial charge is 0.233 e. The molecule has 11 nitrogen and oxygen atoms in total. The van der Waals surface area contributed by atoms with Crippen LogP contribution in [0.2, 0.25) is 25.7 Å². The minimum atomic E-state index is -1.15. The van der Waals surface area contributed by atoms with Crippen molar-refractivity contribution in [1.29, 1.82) is 0 Å². The summed E-state index contributed by atoms with van der Waals surface area (Å²) in [4.78, 5) is 46.6. The number of nitrogens with zero attached hydrogens (tertiary/aromatic N) is 5. The minimum absolute atomic E-state index is 0.0515. The van der Waals surface area contributed by atoms with E-state index in [9.17, 15) is 9.59 Å². The fourth-order valence-electron chi connectivity index (χ4n) is 6.17. The summed E-state index contributed by atoms with van der Waals surface area (Å²) in [5, 5.41) is 0. The molecule has 1 N–H and O–H groups in total. The summed E-state index contributed by atoms with van der Waals surface area (Å²) in [5.41, 5.74) is 2.74. The van der Waals surface area contributed by atoms with Gasteiger partial charge in [0.2, 0.25) is 11.8 Å². The third kappa shape index (κ3) is 9.57. The first kappa shape index (κ1) is 37.6. The molecule has 50 heavy (non-hydrogen) atoms. The fraction of sp³-hybridized carbons (Fsp3) is 0.632. The maximum absolute atomic E-state index is 13.1. The van der Waals surface area contributed by atoms with E-state index in [1.165, 1.54) is 25.7 Å². The van der Waals surface area contributed by atoms with Crippen LogP contribution >= 0.6 is 0 Å². The van der Waals surface area contributed by atoms with Gasteiger partial charge in [0.1, 0.15) is 30.0 Å². The number of ether oxygens (including phenoxy) is 3. The summed E-state index contributed by atoms with van der Waals surface area (Å²) in [6, 6.07) is 1.10. The molecule has 0 saturated heterocycles. The second kappa shape index (κ2) is 15.3. The second-order valence-electron chi connectivity index (χ2n) is 17.1. The maximum Gasteiger partial charge on any atom is 0.233 e. The normalized spacial score (nSPS) is 16.2. The molecule has 12 heteroatoms. The van der Waals surface area contributed by atoms with Gasteiger partial charge in [0.15, 0.2) is 22.9 Å². The molecular weight excluding hydrogens is 649 g/mol. The van der Waals surface area contributed by atoms with Gasteiger partial charge in [0, 0.05) is 37.9 Å². The minimum Gasteiger partial charge on any atom is -0.473 e. The van der Waals surface area contributed by atoms with E-state index in [2.05, 4.69) is 44.6 Å². The zero-order valence-corrected chi connectivity index (χ0v) is 32.5. The molecule has 0 unspecified atom stereocenters. The standard InChI is InChI=1S/C22H35N3O3Si.C16H21N3O2/c1-22(2,3)20(26)17-14-25(15-27-11-12-29(4,5)6)21-19(17)24-18(13-23-21)28-16-9-7-8-10-16;1-16(2,3)14(20)11-8-17-15-13(11)19-12(9-18-15)21-10-6-4-5-7-10/h13-14,16H,7-12,15H2,1-6H3;8-10H,4-7H2,1-3H3,(H,17,18). The molecule has 4 heterocycles. The first-order chi connectivity index (χ1) is 23.5. The average molecular weight is 705 g/mol. The van der Waals surface area contributed by atoms with Crippen molar-refractivity contribution in [2.75, 3.05) is 6.61 Å². The van der Waals surface area contributed by atoms with Crippen LogP contribution in [0.1, 0.15) is 114 Å².